The van der Waals surface area contributed by atoms with E-state index in [4.69, 9.17) is 9.72 Å². The van der Waals surface area contributed by atoms with Crippen LogP contribution in [0.5, 0.6) is 5.75 Å². The standard InChI is InChI=1S/C23H26N4O2/c1-3-12-24-23(28)26-13-7-9-18(16-26)22-25-21(20-11-4-5-14-27(20)22)17-8-6-10-19(15-17)29-2/h3-6,8,10-11,14-15,18H,1,7,9,12-13,16H2,2H3,(H,24,28). The van der Waals surface area contributed by atoms with Crippen molar-refractivity contribution in [3.8, 4) is 17.0 Å². The van der Waals surface area contributed by atoms with Crippen LogP contribution >= 0.6 is 0 Å². The van der Waals surface area contributed by atoms with E-state index in [-0.39, 0.29) is 11.9 Å². The third kappa shape index (κ3) is 3.83. The number of amides is 2. The fourth-order valence-corrected chi connectivity index (χ4v) is 3.98. The number of nitrogens with zero attached hydrogens (tertiary/aromatic N) is 3. The number of aromatic nitrogens is 2. The van der Waals surface area contributed by atoms with E-state index in [2.05, 4.69) is 34.6 Å². The molecule has 29 heavy (non-hydrogen) atoms. The average molecular weight is 390 g/mol. The summed E-state index contributed by atoms with van der Waals surface area (Å²) in [5.41, 5.74) is 3.02. The molecule has 1 fully saturated rings. The van der Waals surface area contributed by atoms with Gasteiger partial charge in [0.2, 0.25) is 0 Å². The average Bonchev–Trinajstić information content (AvgIpc) is 3.17. The second-order valence-corrected chi connectivity index (χ2v) is 7.27. The van der Waals surface area contributed by atoms with Crippen molar-refractivity contribution < 1.29 is 9.53 Å². The maximum absolute atomic E-state index is 12.4. The minimum atomic E-state index is -0.0384. The lowest BCUT2D eigenvalue weighted by Crippen LogP contribution is -2.45. The van der Waals surface area contributed by atoms with Gasteiger partial charge in [0.15, 0.2) is 0 Å². The Labute approximate surface area is 170 Å². The molecule has 0 saturated carbocycles. The summed E-state index contributed by atoms with van der Waals surface area (Å²) in [4.78, 5) is 19.3. The highest BCUT2D eigenvalue weighted by Crippen LogP contribution is 2.33. The molecule has 1 aliphatic heterocycles. The van der Waals surface area contributed by atoms with Crippen LogP contribution in [0, 0.1) is 0 Å². The van der Waals surface area contributed by atoms with Crippen molar-refractivity contribution in [3.05, 3.63) is 67.1 Å². The number of urea groups is 1. The molecule has 0 aliphatic carbocycles. The molecule has 150 valence electrons. The number of rotatable bonds is 5. The molecule has 1 N–H and O–H groups in total. The zero-order valence-corrected chi connectivity index (χ0v) is 16.7. The molecule has 1 unspecified atom stereocenters. The highest BCUT2D eigenvalue weighted by Gasteiger charge is 2.28. The van der Waals surface area contributed by atoms with E-state index in [1.165, 1.54) is 0 Å². The van der Waals surface area contributed by atoms with Gasteiger partial charge in [0.1, 0.15) is 11.6 Å². The lowest BCUT2D eigenvalue weighted by Gasteiger charge is -2.32. The van der Waals surface area contributed by atoms with Crippen molar-refractivity contribution in [1.29, 1.82) is 0 Å². The van der Waals surface area contributed by atoms with Gasteiger partial charge in [-0.05, 0) is 37.1 Å². The molecule has 2 amide bonds. The molecule has 1 aliphatic rings. The predicted molar refractivity (Wildman–Crippen MR) is 114 cm³/mol. The maximum atomic E-state index is 12.4. The Bertz CT molecular complexity index is 1030. The molecule has 0 spiro atoms. The molecule has 6 heteroatoms. The van der Waals surface area contributed by atoms with Gasteiger partial charge in [-0.25, -0.2) is 9.78 Å². The second-order valence-electron chi connectivity index (χ2n) is 7.27. The van der Waals surface area contributed by atoms with Crippen LogP contribution in [-0.4, -0.2) is 47.1 Å². The highest BCUT2D eigenvalue weighted by molar-refractivity contribution is 5.78. The van der Waals surface area contributed by atoms with Gasteiger partial charge < -0.3 is 19.4 Å². The number of methoxy groups -OCH3 is 1. The van der Waals surface area contributed by atoms with E-state index in [9.17, 15) is 4.79 Å². The lowest BCUT2D eigenvalue weighted by molar-refractivity contribution is 0.179. The molecule has 1 saturated heterocycles. The van der Waals surface area contributed by atoms with Gasteiger partial charge in [-0.2, -0.15) is 0 Å². The minimum absolute atomic E-state index is 0.0384. The van der Waals surface area contributed by atoms with E-state index in [1.807, 2.05) is 35.2 Å². The molecule has 2 aromatic heterocycles. The number of carbonyl (C=O) groups excluding carboxylic acids is 1. The number of ether oxygens (including phenoxy) is 1. The van der Waals surface area contributed by atoms with Gasteiger partial charge in [0.05, 0.1) is 18.3 Å². The third-order valence-electron chi connectivity index (χ3n) is 5.39. The zero-order chi connectivity index (χ0) is 20.2. The number of imidazole rings is 1. The minimum Gasteiger partial charge on any atom is -0.497 e. The number of benzene rings is 1. The van der Waals surface area contributed by atoms with E-state index in [0.29, 0.717) is 13.1 Å². The monoisotopic (exact) mass is 390 g/mol. The summed E-state index contributed by atoms with van der Waals surface area (Å²) in [5.74, 6) is 2.00. The van der Waals surface area contributed by atoms with Crippen LogP contribution in [0.15, 0.2) is 61.3 Å². The van der Waals surface area contributed by atoms with Crippen molar-refractivity contribution in [2.24, 2.45) is 0 Å². The normalized spacial score (nSPS) is 16.6. The molecule has 6 nitrogen and oxygen atoms in total. The molecule has 0 radical (unpaired) electrons. The van der Waals surface area contributed by atoms with Crippen molar-refractivity contribution in [2.45, 2.75) is 18.8 Å². The summed E-state index contributed by atoms with van der Waals surface area (Å²) >= 11 is 0. The number of fused-ring (bicyclic) bond motifs is 1. The maximum Gasteiger partial charge on any atom is 0.317 e. The Morgan fingerprint density at radius 1 is 1.34 bits per heavy atom. The number of hydrogen-bond acceptors (Lipinski definition) is 3. The van der Waals surface area contributed by atoms with Crippen molar-refractivity contribution in [1.82, 2.24) is 19.6 Å². The number of nitrogens with one attached hydrogen (secondary N) is 1. The number of carbonyl (C=O) groups is 1. The van der Waals surface area contributed by atoms with Gasteiger partial charge in [-0.1, -0.05) is 24.3 Å². The molecular formula is C23H26N4O2. The molecule has 3 aromatic rings. The largest absolute Gasteiger partial charge is 0.497 e. The predicted octanol–water partition coefficient (Wildman–Crippen LogP) is 4.08. The van der Waals surface area contributed by atoms with E-state index in [0.717, 1.165) is 47.7 Å². The Kier molecular flexibility index (Phi) is 5.51. The number of pyridine rings is 1. The Hall–Kier alpha value is -3.28. The SMILES string of the molecule is C=CCNC(=O)N1CCCC(c2nc(-c3cccc(OC)c3)c3ccccn23)C1. The summed E-state index contributed by atoms with van der Waals surface area (Å²) in [6.07, 6.45) is 5.72. The lowest BCUT2D eigenvalue weighted by atomic mass is 9.97. The van der Waals surface area contributed by atoms with E-state index >= 15 is 0 Å². The van der Waals surface area contributed by atoms with E-state index in [1.54, 1.807) is 13.2 Å². The Morgan fingerprint density at radius 3 is 3.07 bits per heavy atom. The van der Waals surface area contributed by atoms with Crippen LogP contribution in [-0.2, 0) is 0 Å². The highest BCUT2D eigenvalue weighted by atomic mass is 16.5. The Morgan fingerprint density at radius 2 is 2.24 bits per heavy atom. The molecule has 4 rings (SSSR count). The van der Waals surface area contributed by atoms with E-state index < -0.39 is 0 Å². The molecular weight excluding hydrogens is 364 g/mol. The summed E-state index contributed by atoms with van der Waals surface area (Å²) in [7, 11) is 1.67. The summed E-state index contributed by atoms with van der Waals surface area (Å²) in [6, 6.07) is 14.1. The quantitative estimate of drug-likeness (QED) is 0.668. The summed E-state index contributed by atoms with van der Waals surface area (Å²) in [5, 5.41) is 2.88. The molecule has 1 aromatic carbocycles. The van der Waals surface area contributed by atoms with Gasteiger partial charge in [0, 0.05) is 37.3 Å². The number of hydrogen-bond donors (Lipinski definition) is 1. The first-order valence-electron chi connectivity index (χ1n) is 9.96. The first-order chi connectivity index (χ1) is 14.2. The zero-order valence-electron chi connectivity index (χ0n) is 16.7. The van der Waals surface area contributed by atoms with Crippen LogP contribution in [0.2, 0.25) is 0 Å². The van der Waals surface area contributed by atoms with Crippen LogP contribution in [0.4, 0.5) is 4.79 Å². The molecule has 1 atom stereocenters. The van der Waals surface area contributed by atoms with Crippen molar-refractivity contribution in [3.63, 3.8) is 0 Å². The smallest absolute Gasteiger partial charge is 0.317 e. The van der Waals surface area contributed by atoms with Crippen molar-refractivity contribution >= 4 is 11.5 Å². The van der Waals surface area contributed by atoms with Gasteiger partial charge in [-0.15, -0.1) is 6.58 Å². The molecule has 3 heterocycles. The van der Waals surface area contributed by atoms with Gasteiger partial charge >= 0.3 is 6.03 Å². The molecule has 0 bridgehead atoms. The number of likely N-dealkylation sites (tertiary alicyclic amines) is 1. The van der Waals surface area contributed by atoms with Crippen molar-refractivity contribution in [2.75, 3.05) is 26.7 Å². The van der Waals surface area contributed by atoms with Crippen LogP contribution in [0.3, 0.4) is 0 Å². The second kappa shape index (κ2) is 8.39. The van der Waals surface area contributed by atoms with Crippen LogP contribution < -0.4 is 10.1 Å². The number of piperidine rings is 1. The van der Waals surface area contributed by atoms with Gasteiger partial charge in [-0.3, -0.25) is 0 Å². The third-order valence-corrected chi connectivity index (χ3v) is 5.39. The van der Waals surface area contributed by atoms with Crippen LogP contribution in [0.25, 0.3) is 16.8 Å². The van der Waals surface area contributed by atoms with Crippen LogP contribution in [0.1, 0.15) is 24.6 Å². The first-order valence-corrected chi connectivity index (χ1v) is 9.96. The topological polar surface area (TPSA) is 58.9 Å². The fraction of sp³-hybridized carbons (Fsp3) is 0.304. The fourth-order valence-electron chi connectivity index (χ4n) is 3.98. The Balaban J connectivity index is 1.69. The summed E-state index contributed by atoms with van der Waals surface area (Å²) < 4.78 is 7.55. The first kappa shape index (κ1) is 19.1. The summed E-state index contributed by atoms with van der Waals surface area (Å²) in [6.45, 7) is 5.57. The van der Waals surface area contributed by atoms with Gasteiger partial charge in [0.25, 0.3) is 0 Å².